The molecule has 1 saturated carbocycles. The van der Waals surface area contributed by atoms with E-state index >= 15 is 0 Å². The van der Waals surface area contributed by atoms with Crippen molar-refractivity contribution in [2.75, 3.05) is 0 Å². The summed E-state index contributed by atoms with van der Waals surface area (Å²) < 4.78 is 0. The summed E-state index contributed by atoms with van der Waals surface area (Å²) in [6.07, 6.45) is 3.81. The van der Waals surface area contributed by atoms with Gasteiger partial charge < -0.3 is 10.4 Å². The van der Waals surface area contributed by atoms with E-state index in [0.717, 1.165) is 36.3 Å². The molecule has 0 heterocycles. The minimum absolute atomic E-state index is 0.156. The molecule has 0 bridgehead atoms. The molecular formula is C13H17Cl2NO. The van der Waals surface area contributed by atoms with Crippen LogP contribution in [0.4, 0.5) is 0 Å². The van der Waals surface area contributed by atoms with Crippen molar-refractivity contribution in [2.24, 2.45) is 0 Å². The van der Waals surface area contributed by atoms with E-state index in [2.05, 4.69) is 5.32 Å². The third kappa shape index (κ3) is 3.85. The summed E-state index contributed by atoms with van der Waals surface area (Å²) in [4.78, 5) is 0. The molecule has 1 aliphatic carbocycles. The molecule has 2 nitrogen and oxygen atoms in total. The van der Waals surface area contributed by atoms with Gasteiger partial charge in [0.1, 0.15) is 0 Å². The summed E-state index contributed by atoms with van der Waals surface area (Å²) >= 11 is 12.0. The minimum Gasteiger partial charge on any atom is -0.393 e. The Labute approximate surface area is 112 Å². The summed E-state index contributed by atoms with van der Waals surface area (Å²) in [6, 6.07) is 5.87. The third-order valence-corrected chi connectivity index (χ3v) is 3.84. The fraction of sp³-hybridized carbons (Fsp3) is 0.538. The van der Waals surface area contributed by atoms with Crippen LogP contribution in [0.2, 0.25) is 10.0 Å². The van der Waals surface area contributed by atoms with Crippen molar-refractivity contribution < 1.29 is 5.11 Å². The summed E-state index contributed by atoms with van der Waals surface area (Å²) in [7, 11) is 0. The van der Waals surface area contributed by atoms with Crippen LogP contribution in [0.5, 0.6) is 0 Å². The van der Waals surface area contributed by atoms with Crippen LogP contribution in [0.15, 0.2) is 18.2 Å². The van der Waals surface area contributed by atoms with E-state index in [1.165, 1.54) is 0 Å². The number of hydrogen-bond acceptors (Lipinski definition) is 2. The van der Waals surface area contributed by atoms with Crippen molar-refractivity contribution in [3.8, 4) is 0 Å². The highest BCUT2D eigenvalue weighted by atomic mass is 35.5. The van der Waals surface area contributed by atoms with Gasteiger partial charge in [0.15, 0.2) is 0 Å². The lowest BCUT2D eigenvalue weighted by Crippen LogP contribution is -2.35. The van der Waals surface area contributed by atoms with Gasteiger partial charge in [-0.3, -0.25) is 0 Å². The SMILES string of the molecule is OC1CCCC(NCc2cc(Cl)ccc2Cl)C1. The van der Waals surface area contributed by atoms with Gasteiger partial charge in [-0.05, 0) is 49.4 Å². The summed E-state index contributed by atoms with van der Waals surface area (Å²) in [5.41, 5.74) is 1.01. The largest absolute Gasteiger partial charge is 0.393 e. The number of benzene rings is 1. The number of aliphatic hydroxyl groups is 1. The number of rotatable bonds is 3. The molecule has 2 N–H and O–H groups in total. The van der Waals surface area contributed by atoms with Crippen LogP contribution >= 0.6 is 23.2 Å². The van der Waals surface area contributed by atoms with Crippen LogP contribution in [-0.4, -0.2) is 17.3 Å². The maximum atomic E-state index is 9.59. The van der Waals surface area contributed by atoms with Crippen LogP contribution < -0.4 is 5.32 Å². The van der Waals surface area contributed by atoms with E-state index in [-0.39, 0.29) is 6.10 Å². The minimum atomic E-state index is -0.156. The van der Waals surface area contributed by atoms with Gasteiger partial charge in [-0.15, -0.1) is 0 Å². The number of nitrogens with one attached hydrogen (secondary N) is 1. The van der Waals surface area contributed by atoms with Crippen LogP contribution in [-0.2, 0) is 6.54 Å². The zero-order valence-electron chi connectivity index (χ0n) is 9.63. The van der Waals surface area contributed by atoms with Gasteiger partial charge in [0, 0.05) is 22.6 Å². The van der Waals surface area contributed by atoms with Gasteiger partial charge in [-0.1, -0.05) is 23.2 Å². The van der Waals surface area contributed by atoms with E-state index in [0.29, 0.717) is 17.6 Å². The van der Waals surface area contributed by atoms with Crippen molar-refractivity contribution in [1.82, 2.24) is 5.32 Å². The molecule has 94 valence electrons. The van der Waals surface area contributed by atoms with E-state index in [9.17, 15) is 5.11 Å². The molecule has 2 atom stereocenters. The van der Waals surface area contributed by atoms with Crippen molar-refractivity contribution in [2.45, 2.75) is 44.4 Å². The smallest absolute Gasteiger partial charge is 0.0555 e. The molecule has 0 saturated heterocycles. The highest BCUT2D eigenvalue weighted by Crippen LogP contribution is 2.22. The number of hydrogen-bond donors (Lipinski definition) is 2. The normalized spacial score (nSPS) is 24.9. The van der Waals surface area contributed by atoms with Crippen molar-refractivity contribution in [3.63, 3.8) is 0 Å². The molecule has 1 fully saturated rings. The number of halogens is 2. The lowest BCUT2D eigenvalue weighted by atomic mass is 9.93. The van der Waals surface area contributed by atoms with Crippen LogP contribution in [0.3, 0.4) is 0 Å². The Balaban J connectivity index is 1.90. The average molecular weight is 274 g/mol. The Bertz CT molecular complexity index is 384. The molecule has 1 aromatic carbocycles. The molecule has 0 aliphatic heterocycles. The molecule has 0 amide bonds. The highest BCUT2D eigenvalue weighted by Gasteiger charge is 2.19. The van der Waals surface area contributed by atoms with Crippen LogP contribution in [0.1, 0.15) is 31.2 Å². The Hall–Kier alpha value is -0.280. The van der Waals surface area contributed by atoms with Gasteiger partial charge in [0.2, 0.25) is 0 Å². The summed E-state index contributed by atoms with van der Waals surface area (Å²) in [5, 5.41) is 14.5. The quantitative estimate of drug-likeness (QED) is 0.885. The number of aliphatic hydroxyl groups excluding tert-OH is 1. The monoisotopic (exact) mass is 273 g/mol. The lowest BCUT2D eigenvalue weighted by molar-refractivity contribution is 0.111. The Morgan fingerprint density at radius 2 is 2.12 bits per heavy atom. The standard InChI is InChI=1S/C13H17Cl2NO/c14-10-4-5-13(15)9(6-10)8-16-11-2-1-3-12(17)7-11/h4-6,11-12,16-17H,1-3,7-8H2. The Morgan fingerprint density at radius 1 is 1.29 bits per heavy atom. The van der Waals surface area contributed by atoms with E-state index in [1.807, 2.05) is 12.1 Å². The first-order valence-electron chi connectivity index (χ1n) is 6.00. The highest BCUT2D eigenvalue weighted by molar-refractivity contribution is 6.33. The van der Waals surface area contributed by atoms with E-state index < -0.39 is 0 Å². The van der Waals surface area contributed by atoms with Gasteiger partial charge >= 0.3 is 0 Å². The van der Waals surface area contributed by atoms with Crippen molar-refractivity contribution in [3.05, 3.63) is 33.8 Å². The molecule has 2 rings (SSSR count). The predicted molar refractivity (Wildman–Crippen MR) is 71.6 cm³/mol. The molecule has 0 spiro atoms. The molecule has 1 aromatic rings. The zero-order valence-corrected chi connectivity index (χ0v) is 11.1. The molecule has 0 aromatic heterocycles. The summed E-state index contributed by atoms with van der Waals surface area (Å²) in [5.74, 6) is 0. The molecular weight excluding hydrogens is 257 g/mol. The van der Waals surface area contributed by atoms with Crippen LogP contribution in [0, 0.1) is 0 Å². The second-order valence-electron chi connectivity index (χ2n) is 4.63. The van der Waals surface area contributed by atoms with Crippen LogP contribution in [0.25, 0.3) is 0 Å². The van der Waals surface area contributed by atoms with Gasteiger partial charge in [0.25, 0.3) is 0 Å². The topological polar surface area (TPSA) is 32.3 Å². The summed E-state index contributed by atoms with van der Waals surface area (Å²) in [6.45, 7) is 0.705. The molecule has 2 unspecified atom stereocenters. The Kier molecular flexibility index (Phi) is 4.69. The Morgan fingerprint density at radius 3 is 2.88 bits per heavy atom. The zero-order chi connectivity index (χ0) is 12.3. The lowest BCUT2D eigenvalue weighted by Gasteiger charge is -2.26. The maximum Gasteiger partial charge on any atom is 0.0555 e. The first kappa shape index (κ1) is 13.2. The van der Waals surface area contributed by atoms with Gasteiger partial charge in [0.05, 0.1) is 6.10 Å². The first-order valence-corrected chi connectivity index (χ1v) is 6.76. The predicted octanol–water partition coefficient (Wildman–Crippen LogP) is 3.39. The van der Waals surface area contributed by atoms with Gasteiger partial charge in [-0.2, -0.15) is 0 Å². The molecule has 0 radical (unpaired) electrons. The van der Waals surface area contributed by atoms with Crippen molar-refractivity contribution in [1.29, 1.82) is 0 Å². The second-order valence-corrected chi connectivity index (χ2v) is 5.48. The fourth-order valence-electron chi connectivity index (χ4n) is 2.28. The third-order valence-electron chi connectivity index (χ3n) is 3.24. The molecule has 17 heavy (non-hydrogen) atoms. The average Bonchev–Trinajstić information content (AvgIpc) is 2.30. The van der Waals surface area contributed by atoms with E-state index in [4.69, 9.17) is 23.2 Å². The van der Waals surface area contributed by atoms with E-state index in [1.54, 1.807) is 6.07 Å². The van der Waals surface area contributed by atoms with Crippen molar-refractivity contribution >= 4 is 23.2 Å². The second kappa shape index (κ2) is 6.05. The van der Waals surface area contributed by atoms with Gasteiger partial charge in [-0.25, -0.2) is 0 Å². The molecule has 4 heteroatoms. The fourth-order valence-corrected chi connectivity index (χ4v) is 2.66. The maximum absolute atomic E-state index is 9.59. The first-order chi connectivity index (χ1) is 8.15. The molecule has 1 aliphatic rings.